The maximum atomic E-state index is 12.9. The summed E-state index contributed by atoms with van der Waals surface area (Å²) in [5.74, 6) is 0.831. The zero-order chi connectivity index (χ0) is 24.1. The second-order valence-electron chi connectivity index (χ2n) is 9.14. The molecule has 0 bridgehead atoms. The van der Waals surface area contributed by atoms with Crippen molar-refractivity contribution in [1.29, 1.82) is 0 Å². The zero-order valence-electron chi connectivity index (χ0n) is 21.0. The molecule has 0 atom stereocenters. The van der Waals surface area contributed by atoms with Crippen LogP contribution in [0.5, 0.6) is 0 Å². The van der Waals surface area contributed by atoms with E-state index in [4.69, 9.17) is 0 Å². The Balaban J connectivity index is 1.26. The third-order valence-corrected chi connectivity index (χ3v) is 6.95. The molecule has 6 nitrogen and oxygen atoms in total. The van der Waals surface area contributed by atoms with Gasteiger partial charge in [-0.3, -0.25) is 9.69 Å². The molecular formula is C28H37N5O. The van der Waals surface area contributed by atoms with Gasteiger partial charge in [-0.25, -0.2) is 4.98 Å². The van der Waals surface area contributed by atoms with Crippen LogP contribution >= 0.6 is 0 Å². The molecule has 0 spiro atoms. The van der Waals surface area contributed by atoms with E-state index < -0.39 is 0 Å². The van der Waals surface area contributed by atoms with Crippen molar-refractivity contribution >= 4 is 11.6 Å². The van der Waals surface area contributed by atoms with Gasteiger partial charge in [-0.05, 0) is 63.1 Å². The topological polar surface area (TPSA) is 53.4 Å². The van der Waals surface area contributed by atoms with Crippen LogP contribution in [0.25, 0.3) is 5.69 Å². The van der Waals surface area contributed by atoms with E-state index in [1.54, 1.807) is 0 Å². The van der Waals surface area contributed by atoms with Crippen molar-refractivity contribution in [2.75, 3.05) is 44.2 Å². The molecule has 1 saturated heterocycles. The Bertz CT molecular complexity index is 1110. The number of hydrogen-bond acceptors (Lipinski definition) is 4. The lowest BCUT2D eigenvalue weighted by Crippen LogP contribution is -2.47. The fourth-order valence-electron chi connectivity index (χ4n) is 4.81. The van der Waals surface area contributed by atoms with Crippen LogP contribution in [0.4, 0.5) is 5.69 Å². The van der Waals surface area contributed by atoms with Crippen molar-refractivity contribution in [3.8, 4) is 5.69 Å². The van der Waals surface area contributed by atoms with E-state index in [0.29, 0.717) is 12.2 Å². The summed E-state index contributed by atoms with van der Waals surface area (Å²) in [5, 5.41) is 3.09. The first-order chi connectivity index (χ1) is 16.5. The number of aryl methyl sites for hydroxylation is 2. The summed E-state index contributed by atoms with van der Waals surface area (Å²) < 4.78 is 2.09. The van der Waals surface area contributed by atoms with E-state index in [2.05, 4.69) is 75.8 Å². The largest absolute Gasteiger partial charge is 0.369 e. The number of hydrogen-bond donors (Lipinski definition) is 1. The average molecular weight is 460 g/mol. The van der Waals surface area contributed by atoms with Gasteiger partial charge < -0.3 is 14.8 Å². The van der Waals surface area contributed by atoms with Gasteiger partial charge in [0.1, 0.15) is 11.5 Å². The van der Waals surface area contributed by atoms with Crippen LogP contribution in [0.3, 0.4) is 0 Å². The molecule has 0 radical (unpaired) electrons. The molecule has 0 unspecified atom stereocenters. The first-order valence-corrected chi connectivity index (χ1v) is 12.4. The molecule has 0 aliphatic carbocycles. The van der Waals surface area contributed by atoms with Gasteiger partial charge in [0.15, 0.2) is 0 Å². The van der Waals surface area contributed by atoms with Crippen LogP contribution < -0.4 is 10.2 Å². The van der Waals surface area contributed by atoms with Crippen LogP contribution in [0, 0.1) is 20.8 Å². The van der Waals surface area contributed by atoms with Gasteiger partial charge in [0, 0.05) is 50.5 Å². The van der Waals surface area contributed by atoms with E-state index in [9.17, 15) is 4.79 Å². The number of rotatable bonds is 8. The molecule has 1 aliphatic rings. The molecule has 4 rings (SSSR count). The van der Waals surface area contributed by atoms with E-state index in [1.165, 1.54) is 16.8 Å². The number of imidazole rings is 1. The molecule has 6 heteroatoms. The molecule has 1 aliphatic heterocycles. The van der Waals surface area contributed by atoms with E-state index >= 15 is 0 Å². The summed E-state index contributed by atoms with van der Waals surface area (Å²) in [4.78, 5) is 22.5. The molecule has 0 saturated carbocycles. The van der Waals surface area contributed by atoms with Crippen molar-refractivity contribution in [2.24, 2.45) is 0 Å². The summed E-state index contributed by atoms with van der Waals surface area (Å²) in [7, 11) is 0. The number of carbonyl (C=O) groups excluding carboxylic acids is 1. The maximum Gasteiger partial charge on any atom is 0.271 e. The lowest BCUT2D eigenvalue weighted by molar-refractivity contribution is 0.0946. The fourth-order valence-corrected chi connectivity index (χ4v) is 4.81. The molecule has 1 aromatic heterocycles. The SMILES string of the molecule is CCc1nc(C(=O)NCCCN2CCN(c3cccc(C)c3C)CC2)c(C)n1-c1ccccc1. The summed E-state index contributed by atoms with van der Waals surface area (Å²) in [6.45, 7) is 14.3. The normalized spacial score (nSPS) is 14.4. The average Bonchev–Trinajstić information content (AvgIpc) is 3.20. The Hall–Kier alpha value is -3.12. The number of aromatic nitrogens is 2. The van der Waals surface area contributed by atoms with Gasteiger partial charge in [0.05, 0.1) is 5.69 Å². The molecule has 180 valence electrons. The Kier molecular flexibility index (Phi) is 7.68. The lowest BCUT2D eigenvalue weighted by Gasteiger charge is -2.37. The molecular weight excluding hydrogens is 422 g/mol. The number of benzene rings is 2. The van der Waals surface area contributed by atoms with Crippen molar-refractivity contribution in [1.82, 2.24) is 19.8 Å². The van der Waals surface area contributed by atoms with Gasteiger partial charge in [-0.1, -0.05) is 37.3 Å². The highest BCUT2D eigenvalue weighted by atomic mass is 16.1. The molecule has 34 heavy (non-hydrogen) atoms. The highest BCUT2D eigenvalue weighted by molar-refractivity contribution is 5.93. The van der Waals surface area contributed by atoms with Crippen LogP contribution in [-0.2, 0) is 6.42 Å². The second kappa shape index (κ2) is 10.9. The number of nitrogens with one attached hydrogen (secondary N) is 1. The molecule has 1 fully saturated rings. The van der Waals surface area contributed by atoms with Gasteiger partial charge in [-0.2, -0.15) is 0 Å². The fraction of sp³-hybridized carbons (Fsp3) is 0.429. The molecule has 1 N–H and O–H groups in total. The molecule has 1 amide bonds. The van der Waals surface area contributed by atoms with Crippen molar-refractivity contribution in [2.45, 2.75) is 40.5 Å². The predicted octanol–water partition coefficient (Wildman–Crippen LogP) is 4.30. The maximum absolute atomic E-state index is 12.9. The van der Waals surface area contributed by atoms with Crippen molar-refractivity contribution in [3.05, 3.63) is 76.9 Å². The second-order valence-corrected chi connectivity index (χ2v) is 9.14. The number of amides is 1. The zero-order valence-corrected chi connectivity index (χ0v) is 21.0. The number of piperazine rings is 1. The number of para-hydroxylation sites is 1. The van der Waals surface area contributed by atoms with Crippen LogP contribution in [0.2, 0.25) is 0 Å². The number of carbonyl (C=O) groups is 1. The predicted molar refractivity (Wildman–Crippen MR) is 139 cm³/mol. The smallest absolute Gasteiger partial charge is 0.271 e. The molecule has 3 aromatic rings. The van der Waals surface area contributed by atoms with Gasteiger partial charge >= 0.3 is 0 Å². The Labute approximate surface area is 203 Å². The highest BCUT2D eigenvalue weighted by Crippen LogP contribution is 2.24. The highest BCUT2D eigenvalue weighted by Gasteiger charge is 2.21. The lowest BCUT2D eigenvalue weighted by atomic mass is 10.1. The van der Waals surface area contributed by atoms with Crippen LogP contribution in [-0.4, -0.2) is 59.6 Å². The number of nitrogens with zero attached hydrogens (tertiary/aromatic N) is 4. The minimum absolute atomic E-state index is 0.0818. The third kappa shape index (κ3) is 5.17. The summed E-state index contributed by atoms with van der Waals surface area (Å²) >= 11 is 0. The van der Waals surface area contributed by atoms with E-state index in [-0.39, 0.29) is 5.91 Å². The molecule has 2 heterocycles. The molecule has 2 aromatic carbocycles. The number of anilines is 1. The van der Waals surface area contributed by atoms with Crippen molar-refractivity contribution < 1.29 is 4.79 Å². The Morgan fingerprint density at radius 3 is 2.41 bits per heavy atom. The van der Waals surface area contributed by atoms with Gasteiger partial charge in [0.25, 0.3) is 5.91 Å². The summed E-state index contributed by atoms with van der Waals surface area (Å²) in [6.07, 6.45) is 1.71. The quantitative estimate of drug-likeness (QED) is 0.510. The summed E-state index contributed by atoms with van der Waals surface area (Å²) in [5.41, 5.74) is 6.57. The van der Waals surface area contributed by atoms with Crippen molar-refractivity contribution in [3.63, 3.8) is 0 Å². The van der Waals surface area contributed by atoms with Gasteiger partial charge in [-0.15, -0.1) is 0 Å². The van der Waals surface area contributed by atoms with Gasteiger partial charge in [0.2, 0.25) is 0 Å². The minimum Gasteiger partial charge on any atom is -0.369 e. The first kappa shape index (κ1) is 24.0. The Morgan fingerprint density at radius 1 is 0.971 bits per heavy atom. The summed E-state index contributed by atoms with van der Waals surface area (Å²) in [6, 6.07) is 16.7. The minimum atomic E-state index is -0.0818. The van der Waals surface area contributed by atoms with E-state index in [1.807, 2.05) is 25.1 Å². The van der Waals surface area contributed by atoms with Crippen LogP contribution in [0.1, 0.15) is 46.5 Å². The first-order valence-electron chi connectivity index (χ1n) is 12.4. The monoisotopic (exact) mass is 459 g/mol. The Morgan fingerprint density at radius 2 is 1.71 bits per heavy atom. The van der Waals surface area contributed by atoms with E-state index in [0.717, 1.165) is 62.8 Å². The third-order valence-electron chi connectivity index (χ3n) is 6.95. The van der Waals surface area contributed by atoms with Crippen LogP contribution in [0.15, 0.2) is 48.5 Å². The standard InChI is InChI=1S/C28H37N5O/c1-5-26-30-27(23(4)33(26)24-12-7-6-8-13-24)28(34)29-15-10-16-31-17-19-32(20-18-31)25-14-9-11-21(2)22(25)3/h6-9,11-14H,5,10,15-20H2,1-4H3,(H,29,34).